The van der Waals surface area contributed by atoms with Crippen molar-refractivity contribution >= 4 is 5.91 Å². The lowest BCUT2D eigenvalue weighted by Gasteiger charge is -2.15. The minimum absolute atomic E-state index is 0.0815. The molecule has 1 rings (SSSR count). The summed E-state index contributed by atoms with van der Waals surface area (Å²) in [4.78, 5) is 12.4. The van der Waals surface area contributed by atoms with E-state index >= 15 is 0 Å². The number of allylic oxidation sites excluding steroid dienone is 12. The second-order valence-electron chi connectivity index (χ2n) is 8.32. The highest BCUT2D eigenvalue weighted by atomic mass is 16.3. The van der Waals surface area contributed by atoms with E-state index in [1.54, 1.807) is 36.5 Å². The number of carbonyl (C=O) groups is 1. The predicted octanol–water partition coefficient (Wildman–Crippen LogP) is 5.80. The third kappa shape index (κ3) is 14.9. The van der Waals surface area contributed by atoms with Crippen LogP contribution in [0.2, 0.25) is 0 Å². The molecule has 1 amide bonds. The average molecular weight is 452 g/mol. The third-order valence-electron chi connectivity index (χ3n) is 5.11. The molecule has 0 bridgehead atoms. The first-order valence-electron chi connectivity index (χ1n) is 12.0. The maximum Gasteiger partial charge on any atom is 0.244 e. The third-order valence-corrected chi connectivity index (χ3v) is 5.11. The number of aliphatic hydroxyl groups is 2. The van der Waals surface area contributed by atoms with Crippen LogP contribution in [0.3, 0.4) is 0 Å². The van der Waals surface area contributed by atoms with Gasteiger partial charge in [0.05, 0.1) is 0 Å². The van der Waals surface area contributed by atoms with Gasteiger partial charge in [0.2, 0.25) is 5.91 Å². The average Bonchev–Trinajstić information content (AvgIpc) is 2.78. The highest BCUT2D eigenvalue weighted by Crippen LogP contribution is 2.10. The molecule has 0 aromatic rings. The van der Waals surface area contributed by atoms with Gasteiger partial charge in [0.1, 0.15) is 12.2 Å². The van der Waals surface area contributed by atoms with Crippen LogP contribution >= 0.6 is 0 Å². The highest BCUT2D eigenvalue weighted by Gasteiger charge is 2.10. The van der Waals surface area contributed by atoms with Crippen LogP contribution in [0.25, 0.3) is 0 Å². The maximum atomic E-state index is 12.4. The zero-order chi connectivity index (χ0) is 24.3. The molecule has 0 radical (unpaired) electrons. The summed E-state index contributed by atoms with van der Waals surface area (Å²) in [5.41, 5.74) is 1.93. The monoisotopic (exact) mass is 451 g/mol. The number of hydrogen-bond donors (Lipinski definition) is 3. The highest BCUT2D eigenvalue weighted by molar-refractivity contribution is 5.88. The Balaban J connectivity index is 2.92. The van der Waals surface area contributed by atoms with Crippen LogP contribution in [0.1, 0.15) is 59.3 Å². The van der Waals surface area contributed by atoms with E-state index in [0.29, 0.717) is 0 Å². The predicted molar refractivity (Wildman–Crippen MR) is 140 cm³/mol. The molecule has 1 aliphatic rings. The van der Waals surface area contributed by atoms with Crippen LogP contribution in [-0.4, -0.2) is 34.4 Å². The quantitative estimate of drug-likeness (QED) is 0.463. The van der Waals surface area contributed by atoms with E-state index in [9.17, 15) is 15.0 Å². The van der Waals surface area contributed by atoms with Gasteiger partial charge < -0.3 is 15.5 Å². The molecular weight excluding hydrogens is 410 g/mol. The first-order valence-corrected chi connectivity index (χ1v) is 12.0. The standard InChI is InChI=1S/C29H41NO3/c1-4-5-6-7-8-9-19-26-20-13-10-16-24(2)17-11-14-21-27(31)28(32)23-25(3)18-12-15-22-29(33)30-26/h6-9,11-12,14-18,21-23,26-28,31-32H,4-5,10,13,19-20H2,1-3H3,(H,30,33)/b7-6+,9-8+,17-11+,18-12+,21-14-,22-15?,24-16+,25-23+/t26-,27-,28+/m1/s1. The Hall–Kier alpha value is -2.69. The summed E-state index contributed by atoms with van der Waals surface area (Å²) < 4.78 is 0. The molecule has 0 aromatic heterocycles. The normalized spacial score (nSPS) is 30.2. The van der Waals surface area contributed by atoms with E-state index in [0.717, 1.165) is 49.7 Å². The molecule has 1 aliphatic heterocycles. The SMILES string of the molecule is CCC/C=C/C=C/C[C@@H]1CCC/C=C(C)/C=C/C=C\[C@@H](O)[C@@H](O)/C=C(C)/C=C/C=CC(=O)N1. The molecule has 3 N–H and O–H groups in total. The molecule has 3 atom stereocenters. The van der Waals surface area contributed by atoms with E-state index in [-0.39, 0.29) is 11.9 Å². The number of hydrogen-bond acceptors (Lipinski definition) is 3. The van der Waals surface area contributed by atoms with Gasteiger partial charge in [0, 0.05) is 12.1 Å². The van der Waals surface area contributed by atoms with E-state index < -0.39 is 12.2 Å². The fourth-order valence-electron chi connectivity index (χ4n) is 3.20. The molecule has 0 unspecified atom stereocenters. The largest absolute Gasteiger partial charge is 0.386 e. The molecule has 0 fully saturated rings. The number of carbonyl (C=O) groups excluding carboxylic acids is 1. The van der Waals surface area contributed by atoms with E-state index in [4.69, 9.17) is 0 Å². The van der Waals surface area contributed by atoms with Gasteiger partial charge in [-0.05, 0) is 46.0 Å². The number of aliphatic hydroxyl groups excluding tert-OH is 2. The summed E-state index contributed by atoms with van der Waals surface area (Å²) >= 11 is 0. The Morgan fingerprint density at radius 2 is 1.67 bits per heavy atom. The molecule has 33 heavy (non-hydrogen) atoms. The lowest BCUT2D eigenvalue weighted by molar-refractivity contribution is -0.117. The topological polar surface area (TPSA) is 69.6 Å². The van der Waals surface area contributed by atoms with Crippen molar-refractivity contribution in [2.24, 2.45) is 0 Å². The lowest BCUT2D eigenvalue weighted by atomic mass is 10.0. The number of nitrogens with one attached hydrogen (secondary N) is 1. The lowest BCUT2D eigenvalue weighted by Crippen LogP contribution is -2.33. The van der Waals surface area contributed by atoms with Crippen LogP contribution in [0.4, 0.5) is 0 Å². The molecule has 0 saturated heterocycles. The van der Waals surface area contributed by atoms with Gasteiger partial charge in [-0.1, -0.05) is 103 Å². The van der Waals surface area contributed by atoms with E-state index in [1.807, 2.05) is 26.0 Å². The fraction of sp³-hybridized carbons (Fsp3) is 0.414. The van der Waals surface area contributed by atoms with Crippen molar-refractivity contribution in [2.75, 3.05) is 0 Å². The van der Waals surface area contributed by atoms with Gasteiger partial charge in [0.15, 0.2) is 0 Å². The Morgan fingerprint density at radius 3 is 2.45 bits per heavy atom. The zero-order valence-corrected chi connectivity index (χ0v) is 20.4. The molecule has 0 saturated carbocycles. The van der Waals surface area contributed by atoms with Crippen molar-refractivity contribution in [1.82, 2.24) is 5.32 Å². The molecule has 0 spiro atoms. The van der Waals surface area contributed by atoms with Crippen LogP contribution < -0.4 is 5.32 Å². The van der Waals surface area contributed by atoms with Crippen molar-refractivity contribution in [2.45, 2.75) is 77.5 Å². The molecule has 180 valence electrons. The number of rotatable bonds is 5. The summed E-state index contributed by atoms with van der Waals surface area (Å²) in [6.45, 7) is 6.03. The Morgan fingerprint density at radius 1 is 0.970 bits per heavy atom. The van der Waals surface area contributed by atoms with Crippen LogP contribution in [0.5, 0.6) is 0 Å². The number of amides is 1. The Labute approximate surface area is 200 Å². The summed E-state index contributed by atoms with van der Waals surface area (Å²) in [7, 11) is 0. The van der Waals surface area contributed by atoms with E-state index in [2.05, 4.69) is 42.6 Å². The molecule has 4 nitrogen and oxygen atoms in total. The van der Waals surface area contributed by atoms with Gasteiger partial charge in [-0.3, -0.25) is 4.79 Å². The minimum atomic E-state index is -1.00. The number of unbranched alkanes of at least 4 members (excludes halogenated alkanes) is 1. The van der Waals surface area contributed by atoms with Crippen molar-refractivity contribution in [3.63, 3.8) is 0 Å². The van der Waals surface area contributed by atoms with Crippen LogP contribution in [-0.2, 0) is 4.79 Å². The molecule has 4 heteroatoms. The first kappa shape index (κ1) is 28.3. The summed E-state index contributed by atoms with van der Waals surface area (Å²) in [5, 5.41) is 23.3. The molecule has 0 aromatic carbocycles. The molecule has 0 aliphatic carbocycles. The second-order valence-corrected chi connectivity index (χ2v) is 8.32. The van der Waals surface area contributed by atoms with Crippen LogP contribution in [0.15, 0.2) is 96.2 Å². The van der Waals surface area contributed by atoms with E-state index in [1.165, 1.54) is 6.08 Å². The van der Waals surface area contributed by atoms with Crippen LogP contribution in [0, 0.1) is 0 Å². The minimum Gasteiger partial charge on any atom is -0.386 e. The maximum absolute atomic E-state index is 12.4. The zero-order valence-electron chi connectivity index (χ0n) is 20.4. The summed E-state index contributed by atoms with van der Waals surface area (Å²) in [6.07, 6.45) is 29.9. The second kappa shape index (κ2) is 17.8. The Kier molecular flexibility index (Phi) is 15.3. The van der Waals surface area contributed by atoms with Crippen molar-refractivity contribution in [3.05, 3.63) is 96.2 Å². The van der Waals surface area contributed by atoms with Gasteiger partial charge in [-0.15, -0.1) is 0 Å². The first-order chi connectivity index (χ1) is 15.9. The molecule has 1 heterocycles. The van der Waals surface area contributed by atoms with Crippen molar-refractivity contribution in [3.8, 4) is 0 Å². The van der Waals surface area contributed by atoms with Gasteiger partial charge in [-0.2, -0.15) is 0 Å². The summed E-state index contributed by atoms with van der Waals surface area (Å²) in [6, 6.07) is 0.0815. The van der Waals surface area contributed by atoms with Gasteiger partial charge in [-0.25, -0.2) is 0 Å². The smallest absolute Gasteiger partial charge is 0.244 e. The van der Waals surface area contributed by atoms with Crippen molar-refractivity contribution < 1.29 is 15.0 Å². The van der Waals surface area contributed by atoms with Gasteiger partial charge in [0.25, 0.3) is 0 Å². The van der Waals surface area contributed by atoms with Crippen molar-refractivity contribution in [1.29, 1.82) is 0 Å². The summed E-state index contributed by atoms with van der Waals surface area (Å²) in [5.74, 6) is -0.120. The Bertz CT molecular complexity index is 809. The van der Waals surface area contributed by atoms with Gasteiger partial charge >= 0.3 is 0 Å². The molecular formula is C29H41NO3. The fourth-order valence-corrected chi connectivity index (χ4v) is 3.20.